The molecule has 0 aromatic carbocycles. The quantitative estimate of drug-likeness (QED) is 0.487. The van der Waals surface area contributed by atoms with Crippen molar-refractivity contribution < 1.29 is 5.21 Å². The van der Waals surface area contributed by atoms with Gasteiger partial charge in [-0.3, -0.25) is 0 Å². The zero-order valence-electron chi connectivity index (χ0n) is 8.95. The minimum absolute atomic E-state index is 0.550. The fourth-order valence-corrected chi connectivity index (χ4v) is 1.85. The van der Waals surface area contributed by atoms with E-state index in [1.54, 1.807) is 6.08 Å². The molecule has 0 amide bonds. The molecule has 0 bridgehead atoms. The highest BCUT2D eigenvalue weighted by Crippen LogP contribution is 2.15. The molecule has 0 saturated carbocycles. The van der Waals surface area contributed by atoms with Gasteiger partial charge in [0, 0.05) is 0 Å². The van der Waals surface area contributed by atoms with Gasteiger partial charge in [-0.2, -0.15) is 0 Å². The molecule has 0 spiro atoms. The van der Waals surface area contributed by atoms with E-state index in [2.05, 4.69) is 11.2 Å². The third kappa shape index (κ3) is 5.03. The van der Waals surface area contributed by atoms with Gasteiger partial charge in [0.25, 0.3) is 0 Å². The number of halogens is 1. The number of hydrogen-bond acceptors (Lipinski definition) is 2. The minimum Gasteiger partial charge on any atom is -0.411 e. The molecule has 0 aromatic heterocycles. The summed E-state index contributed by atoms with van der Waals surface area (Å²) in [5, 5.41) is 12.6. The van der Waals surface area contributed by atoms with E-state index in [9.17, 15) is 0 Å². The van der Waals surface area contributed by atoms with Crippen LogP contribution in [0.5, 0.6) is 0 Å². The Hall–Kier alpha value is -0.760. The van der Waals surface area contributed by atoms with Crippen LogP contribution in [-0.4, -0.2) is 10.9 Å². The molecule has 1 aliphatic rings. The van der Waals surface area contributed by atoms with E-state index in [0.29, 0.717) is 10.7 Å². The Bertz CT molecular complexity index is 269. The van der Waals surface area contributed by atoms with Crippen molar-refractivity contribution >= 4 is 17.3 Å². The largest absolute Gasteiger partial charge is 0.411 e. The average molecular weight is 228 g/mol. The Labute approximate surface area is 96.3 Å². The van der Waals surface area contributed by atoms with E-state index in [0.717, 1.165) is 19.3 Å². The minimum atomic E-state index is 0.550. The maximum atomic E-state index is 8.80. The smallest absolute Gasteiger partial charge is 0.0981 e. The van der Waals surface area contributed by atoms with Crippen molar-refractivity contribution in [1.29, 1.82) is 0 Å². The number of oxime groups is 1. The maximum Gasteiger partial charge on any atom is 0.0981 e. The van der Waals surface area contributed by atoms with Crippen LogP contribution in [0, 0.1) is 0 Å². The molecular weight excluding hydrogens is 210 g/mol. The van der Waals surface area contributed by atoms with Crippen LogP contribution in [0.4, 0.5) is 0 Å². The fourth-order valence-electron chi connectivity index (χ4n) is 1.65. The van der Waals surface area contributed by atoms with Gasteiger partial charge >= 0.3 is 0 Å². The molecular formula is C12H18ClNO. The monoisotopic (exact) mass is 227 g/mol. The molecule has 84 valence electrons. The molecule has 0 atom stereocenters. The van der Waals surface area contributed by atoms with E-state index in [4.69, 9.17) is 16.8 Å². The standard InChI is InChI=1S/C12H18ClNO/c13-11-9-7-5-3-1-2-4-6-8-10-12(11)14-15/h5,7,9,15H,1-4,6,8,10H2/b7-5-,11-9-,14-12?. The molecule has 1 N–H and O–H groups in total. The van der Waals surface area contributed by atoms with E-state index < -0.39 is 0 Å². The number of rotatable bonds is 0. The second-order valence-electron chi connectivity index (χ2n) is 3.80. The van der Waals surface area contributed by atoms with Crippen LogP contribution in [0.1, 0.15) is 44.9 Å². The first-order valence-corrected chi connectivity index (χ1v) is 5.96. The fraction of sp³-hybridized carbons (Fsp3) is 0.583. The van der Waals surface area contributed by atoms with Gasteiger partial charge in [-0.25, -0.2) is 0 Å². The summed E-state index contributed by atoms with van der Waals surface area (Å²) in [5.41, 5.74) is 0.599. The SMILES string of the molecule is ON=C1CCCCCCC/C=C\C=C\1Cl. The number of allylic oxidation sites excluding steroid dienone is 4. The van der Waals surface area contributed by atoms with Gasteiger partial charge in [0.2, 0.25) is 0 Å². The molecule has 1 rings (SSSR count). The van der Waals surface area contributed by atoms with Gasteiger partial charge in [0.1, 0.15) is 0 Å². The van der Waals surface area contributed by atoms with Gasteiger partial charge < -0.3 is 5.21 Å². The molecule has 2 nitrogen and oxygen atoms in total. The molecule has 1 aliphatic carbocycles. The zero-order valence-corrected chi connectivity index (χ0v) is 9.71. The van der Waals surface area contributed by atoms with E-state index in [1.807, 2.05) is 6.08 Å². The first-order valence-electron chi connectivity index (χ1n) is 5.58. The van der Waals surface area contributed by atoms with Crippen molar-refractivity contribution in [2.24, 2.45) is 5.16 Å². The van der Waals surface area contributed by atoms with Crippen LogP contribution in [0.3, 0.4) is 0 Å². The highest BCUT2D eigenvalue weighted by Gasteiger charge is 2.04. The van der Waals surface area contributed by atoms with Crippen molar-refractivity contribution in [3.8, 4) is 0 Å². The lowest BCUT2D eigenvalue weighted by atomic mass is 10.1. The first-order chi connectivity index (χ1) is 7.34. The third-order valence-electron chi connectivity index (χ3n) is 2.56. The predicted octanol–water partition coefficient (Wildman–Crippen LogP) is 4.24. The Morgan fingerprint density at radius 3 is 2.67 bits per heavy atom. The van der Waals surface area contributed by atoms with Gasteiger partial charge in [0.15, 0.2) is 0 Å². The van der Waals surface area contributed by atoms with Crippen LogP contribution in [0.25, 0.3) is 0 Å². The third-order valence-corrected chi connectivity index (χ3v) is 2.90. The second kappa shape index (κ2) is 7.52. The first kappa shape index (κ1) is 12.3. The van der Waals surface area contributed by atoms with Crippen molar-refractivity contribution in [2.75, 3.05) is 0 Å². The lowest BCUT2D eigenvalue weighted by molar-refractivity contribution is 0.318. The van der Waals surface area contributed by atoms with Crippen molar-refractivity contribution in [3.63, 3.8) is 0 Å². The number of hydrogen-bond donors (Lipinski definition) is 1. The summed E-state index contributed by atoms with van der Waals surface area (Å²) in [4.78, 5) is 0. The Kier molecular flexibility index (Phi) is 6.17. The van der Waals surface area contributed by atoms with Crippen LogP contribution in [0.15, 0.2) is 28.4 Å². The highest BCUT2D eigenvalue weighted by molar-refractivity contribution is 6.43. The summed E-state index contributed by atoms with van der Waals surface area (Å²) in [5.74, 6) is 0. The number of nitrogens with zero attached hydrogens (tertiary/aromatic N) is 1. The summed E-state index contributed by atoms with van der Waals surface area (Å²) >= 11 is 6.00. The summed E-state index contributed by atoms with van der Waals surface area (Å²) in [6, 6.07) is 0. The van der Waals surface area contributed by atoms with Crippen LogP contribution < -0.4 is 0 Å². The molecule has 3 heteroatoms. The summed E-state index contributed by atoms with van der Waals surface area (Å²) in [6.07, 6.45) is 13.8. The van der Waals surface area contributed by atoms with Gasteiger partial charge in [-0.1, -0.05) is 48.2 Å². The van der Waals surface area contributed by atoms with E-state index in [-0.39, 0.29) is 0 Å². The Balaban J connectivity index is 2.63. The summed E-state index contributed by atoms with van der Waals surface area (Å²) in [7, 11) is 0. The Morgan fingerprint density at radius 1 is 1.13 bits per heavy atom. The predicted molar refractivity (Wildman–Crippen MR) is 64.6 cm³/mol. The molecule has 0 fully saturated rings. The summed E-state index contributed by atoms with van der Waals surface area (Å²) in [6.45, 7) is 0. The zero-order chi connectivity index (χ0) is 10.9. The summed E-state index contributed by atoms with van der Waals surface area (Å²) < 4.78 is 0. The second-order valence-corrected chi connectivity index (χ2v) is 4.20. The highest BCUT2D eigenvalue weighted by atomic mass is 35.5. The van der Waals surface area contributed by atoms with E-state index >= 15 is 0 Å². The van der Waals surface area contributed by atoms with Crippen molar-refractivity contribution in [1.82, 2.24) is 0 Å². The van der Waals surface area contributed by atoms with Crippen LogP contribution in [0.2, 0.25) is 0 Å². The van der Waals surface area contributed by atoms with Crippen LogP contribution in [-0.2, 0) is 0 Å². The average Bonchev–Trinajstić information content (AvgIpc) is 2.23. The van der Waals surface area contributed by atoms with Gasteiger partial charge in [-0.15, -0.1) is 0 Å². The Morgan fingerprint density at radius 2 is 1.87 bits per heavy atom. The molecule has 0 heterocycles. The normalized spacial score (nSPS) is 28.6. The molecule has 0 unspecified atom stereocenters. The molecule has 0 saturated heterocycles. The maximum absolute atomic E-state index is 8.80. The van der Waals surface area contributed by atoms with Crippen molar-refractivity contribution in [3.05, 3.63) is 23.3 Å². The molecule has 0 radical (unpaired) electrons. The van der Waals surface area contributed by atoms with Crippen molar-refractivity contribution in [2.45, 2.75) is 44.9 Å². The lowest BCUT2D eigenvalue weighted by Gasteiger charge is -2.04. The van der Waals surface area contributed by atoms with Crippen LogP contribution >= 0.6 is 11.6 Å². The molecule has 15 heavy (non-hydrogen) atoms. The lowest BCUT2D eigenvalue weighted by Crippen LogP contribution is -1.99. The van der Waals surface area contributed by atoms with E-state index in [1.165, 1.54) is 25.7 Å². The molecule has 0 aliphatic heterocycles. The van der Waals surface area contributed by atoms with Gasteiger partial charge in [-0.05, 0) is 31.8 Å². The topological polar surface area (TPSA) is 32.6 Å². The van der Waals surface area contributed by atoms with Gasteiger partial charge in [0.05, 0.1) is 10.7 Å². The molecule has 0 aromatic rings.